The highest BCUT2D eigenvalue weighted by Crippen LogP contribution is 2.39. The summed E-state index contributed by atoms with van der Waals surface area (Å²) in [4.78, 5) is 25.4. The maximum atomic E-state index is 12.7. The average molecular weight is 440 g/mol. The zero-order chi connectivity index (χ0) is 22.1. The van der Waals surface area contributed by atoms with E-state index in [1.165, 1.54) is 6.33 Å². The SMILES string of the molecule is Cc1cc(-c2cccc(C(=O)NCCc3cccnc3)c2)cc2sc3c(N)ncnc3c12. The van der Waals surface area contributed by atoms with Gasteiger partial charge in [-0.15, -0.1) is 11.3 Å². The van der Waals surface area contributed by atoms with E-state index in [1.807, 2.05) is 42.6 Å². The largest absolute Gasteiger partial charge is 0.382 e. The molecule has 0 bridgehead atoms. The maximum Gasteiger partial charge on any atom is 0.251 e. The molecule has 0 aliphatic carbocycles. The van der Waals surface area contributed by atoms with Crippen molar-refractivity contribution < 1.29 is 4.79 Å². The predicted octanol–water partition coefficient (Wildman–Crippen LogP) is 4.77. The summed E-state index contributed by atoms with van der Waals surface area (Å²) in [5.74, 6) is 0.417. The van der Waals surface area contributed by atoms with Crippen LogP contribution < -0.4 is 11.1 Å². The van der Waals surface area contributed by atoms with Crippen LogP contribution in [0.4, 0.5) is 5.82 Å². The van der Waals surface area contributed by atoms with E-state index in [2.05, 4.69) is 39.3 Å². The van der Waals surface area contributed by atoms with Crippen molar-refractivity contribution in [1.29, 1.82) is 0 Å². The fourth-order valence-corrected chi connectivity index (χ4v) is 5.06. The number of carbonyl (C=O) groups is 1. The number of carbonyl (C=O) groups excluding carboxylic acids is 1. The predicted molar refractivity (Wildman–Crippen MR) is 130 cm³/mol. The molecule has 32 heavy (non-hydrogen) atoms. The molecule has 5 aromatic rings. The Morgan fingerprint density at radius 1 is 1.09 bits per heavy atom. The molecule has 0 atom stereocenters. The molecule has 0 radical (unpaired) electrons. The molecule has 158 valence electrons. The molecule has 7 heteroatoms. The molecule has 0 aliphatic heterocycles. The lowest BCUT2D eigenvalue weighted by molar-refractivity contribution is 0.0954. The Hall–Kier alpha value is -3.84. The second kappa shape index (κ2) is 8.36. The first-order chi connectivity index (χ1) is 15.6. The molecule has 0 saturated carbocycles. The number of nitrogens with one attached hydrogen (secondary N) is 1. The zero-order valence-corrected chi connectivity index (χ0v) is 18.3. The standard InChI is InChI=1S/C25H21N5OS/c1-15-10-19(12-20-21(15)22-23(32-20)24(26)30-14-29-22)17-5-2-6-18(11-17)25(31)28-9-7-16-4-3-8-27-13-16/h2-6,8,10-14H,7,9H2,1H3,(H,28,31)(H2,26,29,30). The molecule has 3 aromatic heterocycles. The third kappa shape index (κ3) is 3.78. The number of thiophene rings is 1. The van der Waals surface area contributed by atoms with E-state index in [1.54, 1.807) is 17.5 Å². The fraction of sp³-hybridized carbons (Fsp3) is 0.120. The normalized spacial score (nSPS) is 11.2. The Kier molecular flexibility index (Phi) is 5.25. The second-order valence-corrected chi connectivity index (χ2v) is 8.71. The maximum absolute atomic E-state index is 12.7. The third-order valence-electron chi connectivity index (χ3n) is 5.46. The molecule has 0 fully saturated rings. The van der Waals surface area contributed by atoms with E-state index >= 15 is 0 Å². The van der Waals surface area contributed by atoms with Gasteiger partial charge in [0, 0.05) is 34.6 Å². The minimum Gasteiger partial charge on any atom is -0.382 e. The van der Waals surface area contributed by atoms with Crippen molar-refractivity contribution in [3.63, 3.8) is 0 Å². The van der Waals surface area contributed by atoms with E-state index < -0.39 is 0 Å². The quantitative estimate of drug-likeness (QED) is 0.411. The van der Waals surface area contributed by atoms with E-state index in [9.17, 15) is 4.79 Å². The number of amides is 1. The highest BCUT2D eigenvalue weighted by Gasteiger charge is 2.14. The molecular weight excluding hydrogens is 418 g/mol. The van der Waals surface area contributed by atoms with Crippen molar-refractivity contribution in [2.45, 2.75) is 13.3 Å². The van der Waals surface area contributed by atoms with Crippen LogP contribution in [0.25, 0.3) is 31.4 Å². The molecule has 2 aromatic carbocycles. The fourth-order valence-electron chi connectivity index (χ4n) is 3.89. The molecule has 3 N–H and O–H groups in total. The first kappa shape index (κ1) is 20.1. The van der Waals surface area contributed by atoms with Crippen LogP contribution in [0.3, 0.4) is 0 Å². The summed E-state index contributed by atoms with van der Waals surface area (Å²) in [5, 5.41) is 4.10. The minimum atomic E-state index is -0.0848. The van der Waals surface area contributed by atoms with Crippen LogP contribution in [-0.2, 0) is 6.42 Å². The lowest BCUT2D eigenvalue weighted by Crippen LogP contribution is -2.25. The summed E-state index contributed by atoms with van der Waals surface area (Å²) in [7, 11) is 0. The highest BCUT2D eigenvalue weighted by molar-refractivity contribution is 7.26. The summed E-state index contributed by atoms with van der Waals surface area (Å²) in [6, 6.07) is 15.9. The van der Waals surface area contributed by atoms with Crippen molar-refractivity contribution in [3.05, 3.63) is 83.9 Å². The highest BCUT2D eigenvalue weighted by atomic mass is 32.1. The third-order valence-corrected chi connectivity index (χ3v) is 6.61. The minimum absolute atomic E-state index is 0.0848. The summed E-state index contributed by atoms with van der Waals surface area (Å²) < 4.78 is 2.01. The number of anilines is 1. The van der Waals surface area contributed by atoms with Gasteiger partial charge in [0.1, 0.15) is 12.1 Å². The van der Waals surface area contributed by atoms with E-state index in [0.29, 0.717) is 17.9 Å². The number of aromatic nitrogens is 3. The first-order valence-electron chi connectivity index (χ1n) is 10.3. The van der Waals surface area contributed by atoms with Crippen LogP contribution in [0.1, 0.15) is 21.5 Å². The Balaban J connectivity index is 1.41. The lowest BCUT2D eigenvalue weighted by atomic mass is 9.99. The molecule has 0 aliphatic rings. The van der Waals surface area contributed by atoms with Gasteiger partial charge < -0.3 is 11.1 Å². The molecule has 0 unspecified atom stereocenters. The van der Waals surface area contributed by atoms with Gasteiger partial charge in [0.2, 0.25) is 0 Å². The van der Waals surface area contributed by atoms with Gasteiger partial charge in [-0.25, -0.2) is 9.97 Å². The topological polar surface area (TPSA) is 93.8 Å². The van der Waals surface area contributed by atoms with Crippen molar-refractivity contribution in [2.75, 3.05) is 12.3 Å². The molecule has 6 nitrogen and oxygen atoms in total. The number of pyridine rings is 1. The lowest BCUT2D eigenvalue weighted by Gasteiger charge is -2.09. The van der Waals surface area contributed by atoms with Gasteiger partial charge >= 0.3 is 0 Å². The molecule has 3 heterocycles. The number of aryl methyl sites for hydroxylation is 1. The smallest absolute Gasteiger partial charge is 0.251 e. The summed E-state index contributed by atoms with van der Waals surface area (Å²) in [6.07, 6.45) is 5.81. The number of hydrogen-bond acceptors (Lipinski definition) is 6. The van der Waals surface area contributed by atoms with Gasteiger partial charge in [-0.05, 0) is 59.9 Å². The number of nitrogens with two attached hydrogens (primary N) is 1. The van der Waals surface area contributed by atoms with Crippen LogP contribution in [0, 0.1) is 6.92 Å². The summed E-state index contributed by atoms with van der Waals surface area (Å²) in [6.45, 7) is 2.63. The van der Waals surface area contributed by atoms with Crippen molar-refractivity contribution >= 4 is 43.4 Å². The van der Waals surface area contributed by atoms with Crippen LogP contribution >= 0.6 is 11.3 Å². The van der Waals surface area contributed by atoms with Gasteiger partial charge in [0.05, 0.1) is 10.2 Å². The molecule has 1 amide bonds. The summed E-state index contributed by atoms with van der Waals surface area (Å²) in [5.41, 5.74) is 11.9. The van der Waals surface area contributed by atoms with Gasteiger partial charge in [0.15, 0.2) is 0 Å². The van der Waals surface area contributed by atoms with Crippen molar-refractivity contribution in [1.82, 2.24) is 20.3 Å². The number of fused-ring (bicyclic) bond motifs is 3. The van der Waals surface area contributed by atoms with Crippen molar-refractivity contribution in [2.24, 2.45) is 0 Å². The van der Waals surface area contributed by atoms with Crippen molar-refractivity contribution in [3.8, 4) is 11.1 Å². The Labute approximate surface area is 189 Å². The Bertz CT molecular complexity index is 1450. The number of hydrogen-bond donors (Lipinski definition) is 2. The molecule has 5 rings (SSSR count). The average Bonchev–Trinajstić information content (AvgIpc) is 3.20. The summed E-state index contributed by atoms with van der Waals surface area (Å²) >= 11 is 1.60. The van der Waals surface area contributed by atoms with E-state index in [-0.39, 0.29) is 5.91 Å². The first-order valence-corrected chi connectivity index (χ1v) is 11.1. The van der Waals surface area contributed by atoms with Crippen LogP contribution in [0.5, 0.6) is 0 Å². The van der Waals surface area contributed by atoms with Gasteiger partial charge in [0.25, 0.3) is 5.91 Å². The number of nitrogens with zero attached hydrogens (tertiary/aromatic N) is 3. The van der Waals surface area contributed by atoms with E-state index in [4.69, 9.17) is 5.73 Å². The Morgan fingerprint density at radius 3 is 2.84 bits per heavy atom. The monoisotopic (exact) mass is 439 g/mol. The number of benzene rings is 2. The number of rotatable bonds is 5. The van der Waals surface area contributed by atoms with Crippen LogP contribution in [0.2, 0.25) is 0 Å². The Morgan fingerprint density at radius 2 is 2.00 bits per heavy atom. The molecule has 0 saturated heterocycles. The number of nitrogen functional groups attached to an aromatic ring is 1. The molecule has 0 spiro atoms. The van der Waals surface area contributed by atoms with Crippen LogP contribution in [-0.4, -0.2) is 27.4 Å². The van der Waals surface area contributed by atoms with Crippen LogP contribution in [0.15, 0.2) is 67.3 Å². The van der Waals surface area contributed by atoms with E-state index in [0.717, 1.165) is 49.0 Å². The second-order valence-electron chi connectivity index (χ2n) is 7.65. The zero-order valence-electron chi connectivity index (χ0n) is 17.5. The van der Waals surface area contributed by atoms with Gasteiger partial charge in [-0.3, -0.25) is 9.78 Å². The molecular formula is C25H21N5OS. The van der Waals surface area contributed by atoms with Gasteiger partial charge in [-0.2, -0.15) is 0 Å². The van der Waals surface area contributed by atoms with Gasteiger partial charge in [-0.1, -0.05) is 24.3 Å².